The third-order valence-electron chi connectivity index (χ3n) is 5.20. The van der Waals surface area contributed by atoms with E-state index in [1.54, 1.807) is 20.0 Å². The predicted molar refractivity (Wildman–Crippen MR) is 131 cm³/mol. The molecule has 0 saturated carbocycles. The summed E-state index contributed by atoms with van der Waals surface area (Å²) in [5.74, 6) is 0.459. The molecule has 0 aliphatic heterocycles. The molecule has 0 atom stereocenters. The monoisotopic (exact) mass is 482 g/mol. The minimum Gasteiger partial charge on any atom is -0.356 e. The number of rotatable bonds is 7. The molecule has 0 bridgehead atoms. The Morgan fingerprint density at radius 3 is 2.48 bits per heavy atom. The SMILES string of the molecule is CCNC(=O)CSc1nnc(-c2ccccc2Cl)n1-c1c(C)n(C)n(-c2ccccc2)c1=O. The Morgan fingerprint density at radius 1 is 1.09 bits per heavy atom. The standard InChI is InChI=1S/C23H23ClN6O2S/c1-4-25-19(31)14-33-23-27-26-21(17-12-8-9-13-18(17)24)29(23)20-15(2)28(3)30(22(20)32)16-10-6-5-7-11-16/h5-13H,4,14H2,1-3H3,(H,25,31). The molecule has 1 amide bonds. The van der Waals surface area contributed by atoms with Gasteiger partial charge < -0.3 is 5.32 Å². The summed E-state index contributed by atoms with van der Waals surface area (Å²) in [5.41, 5.74) is 2.28. The molecule has 170 valence electrons. The van der Waals surface area contributed by atoms with E-state index in [9.17, 15) is 9.59 Å². The molecule has 4 rings (SSSR count). The number of hydrogen-bond acceptors (Lipinski definition) is 5. The first-order chi connectivity index (χ1) is 15.9. The number of carbonyl (C=O) groups excluding carboxylic acids is 1. The van der Waals surface area contributed by atoms with Gasteiger partial charge in [-0.25, -0.2) is 4.68 Å². The van der Waals surface area contributed by atoms with Crippen LogP contribution in [-0.2, 0) is 11.8 Å². The lowest BCUT2D eigenvalue weighted by molar-refractivity contribution is -0.118. The first-order valence-electron chi connectivity index (χ1n) is 10.4. The zero-order chi connectivity index (χ0) is 23.5. The summed E-state index contributed by atoms with van der Waals surface area (Å²) in [6.07, 6.45) is 0. The third kappa shape index (κ3) is 4.34. The average Bonchev–Trinajstić information content (AvgIpc) is 3.31. The van der Waals surface area contributed by atoms with Crippen LogP contribution in [0.4, 0.5) is 0 Å². The van der Waals surface area contributed by atoms with E-state index in [2.05, 4.69) is 15.5 Å². The maximum absolute atomic E-state index is 13.7. The van der Waals surface area contributed by atoms with E-state index < -0.39 is 0 Å². The van der Waals surface area contributed by atoms with Crippen molar-refractivity contribution in [3.8, 4) is 22.8 Å². The van der Waals surface area contributed by atoms with Crippen LogP contribution in [0.3, 0.4) is 0 Å². The maximum atomic E-state index is 13.7. The molecular weight excluding hydrogens is 460 g/mol. The van der Waals surface area contributed by atoms with E-state index in [1.165, 1.54) is 11.8 Å². The number of halogens is 1. The van der Waals surface area contributed by atoms with Gasteiger partial charge in [0.2, 0.25) is 5.91 Å². The maximum Gasteiger partial charge on any atom is 0.296 e. The number of hydrogen-bond donors (Lipinski definition) is 1. The molecule has 2 heterocycles. The number of nitrogens with zero attached hydrogens (tertiary/aromatic N) is 5. The molecule has 0 saturated heterocycles. The van der Waals surface area contributed by atoms with Crippen molar-refractivity contribution in [2.24, 2.45) is 7.05 Å². The van der Waals surface area contributed by atoms with Gasteiger partial charge in [0.05, 0.1) is 22.2 Å². The quantitative estimate of drug-likeness (QED) is 0.406. The highest BCUT2D eigenvalue weighted by Gasteiger charge is 2.26. The first-order valence-corrected chi connectivity index (χ1v) is 11.7. The number of benzene rings is 2. The molecular formula is C23H23ClN6O2S. The number of aromatic nitrogens is 5. The fourth-order valence-electron chi connectivity index (χ4n) is 3.57. The summed E-state index contributed by atoms with van der Waals surface area (Å²) in [6, 6.07) is 16.7. The van der Waals surface area contributed by atoms with Crippen molar-refractivity contribution in [2.45, 2.75) is 19.0 Å². The molecule has 0 aliphatic rings. The Kier molecular flexibility index (Phi) is 6.71. The molecule has 10 heteroatoms. The Bertz CT molecular complexity index is 1360. The van der Waals surface area contributed by atoms with Gasteiger partial charge in [-0.05, 0) is 38.1 Å². The van der Waals surface area contributed by atoms with Crippen molar-refractivity contribution in [3.05, 3.63) is 75.7 Å². The van der Waals surface area contributed by atoms with Gasteiger partial charge in [0.1, 0.15) is 5.69 Å². The van der Waals surface area contributed by atoms with Crippen molar-refractivity contribution in [1.82, 2.24) is 29.4 Å². The van der Waals surface area contributed by atoms with Crippen LogP contribution in [0.25, 0.3) is 22.8 Å². The number of amides is 1. The molecule has 2 aromatic heterocycles. The lowest BCUT2D eigenvalue weighted by atomic mass is 10.2. The van der Waals surface area contributed by atoms with E-state index in [0.717, 1.165) is 11.4 Å². The van der Waals surface area contributed by atoms with E-state index in [4.69, 9.17) is 11.6 Å². The average molecular weight is 483 g/mol. The van der Waals surface area contributed by atoms with Gasteiger partial charge in [-0.3, -0.25) is 18.8 Å². The summed E-state index contributed by atoms with van der Waals surface area (Å²) in [7, 11) is 1.83. The van der Waals surface area contributed by atoms with Crippen LogP contribution in [0.1, 0.15) is 12.6 Å². The van der Waals surface area contributed by atoms with Crippen LogP contribution in [0, 0.1) is 6.92 Å². The zero-order valence-corrected chi connectivity index (χ0v) is 20.0. The lowest BCUT2D eigenvalue weighted by Gasteiger charge is -2.10. The van der Waals surface area contributed by atoms with Gasteiger partial charge in [0.15, 0.2) is 11.0 Å². The van der Waals surface area contributed by atoms with Crippen molar-refractivity contribution < 1.29 is 4.79 Å². The smallest absolute Gasteiger partial charge is 0.296 e. The van der Waals surface area contributed by atoms with E-state index in [-0.39, 0.29) is 17.2 Å². The second kappa shape index (κ2) is 9.68. The third-order valence-corrected chi connectivity index (χ3v) is 6.46. The van der Waals surface area contributed by atoms with Crippen LogP contribution in [0.5, 0.6) is 0 Å². The number of carbonyl (C=O) groups is 1. The van der Waals surface area contributed by atoms with Crippen LogP contribution in [-0.4, -0.2) is 42.3 Å². The summed E-state index contributed by atoms with van der Waals surface area (Å²) in [5, 5.41) is 12.4. The van der Waals surface area contributed by atoms with Gasteiger partial charge in [0, 0.05) is 19.2 Å². The number of nitrogens with one attached hydrogen (secondary N) is 1. The van der Waals surface area contributed by atoms with Gasteiger partial charge in [-0.2, -0.15) is 0 Å². The Hall–Kier alpha value is -3.30. The van der Waals surface area contributed by atoms with Crippen molar-refractivity contribution in [3.63, 3.8) is 0 Å². The number of thioether (sulfide) groups is 1. The van der Waals surface area contributed by atoms with E-state index >= 15 is 0 Å². The van der Waals surface area contributed by atoms with Gasteiger partial charge >= 0.3 is 0 Å². The van der Waals surface area contributed by atoms with E-state index in [0.29, 0.717) is 33.8 Å². The van der Waals surface area contributed by atoms with Crippen LogP contribution in [0.15, 0.2) is 64.5 Å². The van der Waals surface area contributed by atoms with Crippen LogP contribution in [0.2, 0.25) is 5.02 Å². The Labute approximate surface area is 200 Å². The largest absolute Gasteiger partial charge is 0.356 e. The number of para-hydroxylation sites is 1. The second-order valence-electron chi connectivity index (χ2n) is 7.27. The molecule has 33 heavy (non-hydrogen) atoms. The fraction of sp³-hybridized carbons (Fsp3) is 0.217. The fourth-order valence-corrected chi connectivity index (χ4v) is 4.56. The zero-order valence-electron chi connectivity index (χ0n) is 18.4. The van der Waals surface area contributed by atoms with Crippen LogP contribution < -0.4 is 10.9 Å². The highest BCUT2D eigenvalue weighted by atomic mass is 35.5. The van der Waals surface area contributed by atoms with Crippen LogP contribution >= 0.6 is 23.4 Å². The molecule has 0 aliphatic carbocycles. The van der Waals surface area contributed by atoms with Crippen molar-refractivity contribution in [1.29, 1.82) is 0 Å². The minimum absolute atomic E-state index is 0.122. The second-order valence-corrected chi connectivity index (χ2v) is 8.62. The molecule has 8 nitrogen and oxygen atoms in total. The molecule has 0 fully saturated rings. The summed E-state index contributed by atoms with van der Waals surface area (Å²) < 4.78 is 5.09. The van der Waals surface area contributed by atoms with Gasteiger partial charge in [-0.1, -0.05) is 53.7 Å². The minimum atomic E-state index is -0.228. The molecule has 0 radical (unpaired) electrons. The topological polar surface area (TPSA) is 86.7 Å². The van der Waals surface area contributed by atoms with Gasteiger partial charge in [0.25, 0.3) is 5.56 Å². The molecule has 1 N–H and O–H groups in total. The highest BCUT2D eigenvalue weighted by Crippen LogP contribution is 2.32. The molecule has 0 unspecified atom stereocenters. The predicted octanol–water partition coefficient (Wildman–Crippen LogP) is 3.61. The van der Waals surface area contributed by atoms with Crippen molar-refractivity contribution in [2.75, 3.05) is 12.3 Å². The molecule has 2 aromatic carbocycles. The highest BCUT2D eigenvalue weighted by molar-refractivity contribution is 7.99. The van der Waals surface area contributed by atoms with Crippen molar-refractivity contribution >= 4 is 29.3 Å². The Balaban J connectivity index is 1.93. The normalized spacial score (nSPS) is 11.0. The van der Waals surface area contributed by atoms with E-state index in [1.807, 2.05) is 69.4 Å². The summed E-state index contributed by atoms with van der Waals surface area (Å²) in [6.45, 7) is 4.27. The summed E-state index contributed by atoms with van der Waals surface area (Å²) in [4.78, 5) is 25.8. The van der Waals surface area contributed by atoms with Gasteiger partial charge in [-0.15, -0.1) is 10.2 Å². The first kappa shape index (κ1) is 22.9. The molecule has 4 aromatic rings. The lowest BCUT2D eigenvalue weighted by Crippen LogP contribution is -2.25. The summed E-state index contributed by atoms with van der Waals surface area (Å²) >= 11 is 7.68. The Morgan fingerprint density at radius 2 is 1.79 bits per heavy atom. The molecule has 0 spiro atoms.